The average molecular weight is 474 g/mol. The van der Waals surface area contributed by atoms with Gasteiger partial charge in [-0.2, -0.15) is 0 Å². The first-order valence-electron chi connectivity index (χ1n) is 11.2. The molecule has 1 heterocycles. The van der Waals surface area contributed by atoms with Crippen LogP contribution >= 0.6 is 0 Å². The smallest absolute Gasteiger partial charge is 0.261 e. The summed E-state index contributed by atoms with van der Waals surface area (Å²) < 4.78 is 22.3. The van der Waals surface area contributed by atoms with Crippen LogP contribution in [-0.2, 0) is 11.3 Å². The van der Waals surface area contributed by atoms with Crippen LogP contribution < -0.4 is 25.0 Å². The van der Waals surface area contributed by atoms with Gasteiger partial charge in [-0.25, -0.2) is 0 Å². The van der Waals surface area contributed by atoms with Crippen LogP contribution in [0.3, 0.4) is 0 Å². The number of rotatable bonds is 8. The number of benzene rings is 3. The van der Waals surface area contributed by atoms with E-state index in [4.69, 9.17) is 18.6 Å². The van der Waals surface area contributed by atoms with Gasteiger partial charge in [-0.3, -0.25) is 9.59 Å². The van der Waals surface area contributed by atoms with Crippen molar-refractivity contribution in [2.45, 2.75) is 26.5 Å². The lowest BCUT2D eigenvalue weighted by Gasteiger charge is -2.16. The number of carbonyl (C=O) groups excluding carboxylic acids is 1. The third kappa shape index (κ3) is 5.14. The van der Waals surface area contributed by atoms with Crippen molar-refractivity contribution in [2.75, 3.05) is 14.2 Å². The van der Waals surface area contributed by atoms with Crippen LogP contribution in [0, 0.1) is 6.92 Å². The highest BCUT2D eigenvalue weighted by Crippen LogP contribution is 2.28. The highest BCUT2D eigenvalue weighted by Gasteiger charge is 2.17. The van der Waals surface area contributed by atoms with Gasteiger partial charge in [-0.05, 0) is 49.2 Å². The summed E-state index contributed by atoms with van der Waals surface area (Å²) >= 11 is 0. The van der Waals surface area contributed by atoms with Crippen molar-refractivity contribution < 1.29 is 23.4 Å². The van der Waals surface area contributed by atoms with Gasteiger partial charge in [-0.1, -0.05) is 36.4 Å². The largest absolute Gasteiger partial charge is 0.493 e. The minimum atomic E-state index is -0.760. The molecule has 0 aliphatic rings. The minimum absolute atomic E-state index is 0.109. The molecule has 1 N–H and O–H groups in total. The van der Waals surface area contributed by atoms with Crippen molar-refractivity contribution in [3.8, 4) is 28.4 Å². The predicted octanol–water partition coefficient (Wildman–Crippen LogP) is 4.87. The third-order valence-corrected chi connectivity index (χ3v) is 5.70. The maximum absolute atomic E-state index is 13.1. The molecule has 180 valence electrons. The van der Waals surface area contributed by atoms with Crippen LogP contribution in [0.5, 0.6) is 17.2 Å². The summed E-state index contributed by atoms with van der Waals surface area (Å²) in [6.07, 6.45) is -0.760. The van der Waals surface area contributed by atoms with Gasteiger partial charge in [0.1, 0.15) is 17.1 Å². The number of carbonyl (C=O) groups is 1. The lowest BCUT2D eigenvalue weighted by Crippen LogP contribution is -2.35. The van der Waals surface area contributed by atoms with Crippen molar-refractivity contribution in [1.29, 1.82) is 0 Å². The molecule has 0 aliphatic carbocycles. The van der Waals surface area contributed by atoms with Crippen LogP contribution in [-0.4, -0.2) is 26.2 Å². The first kappa shape index (κ1) is 23.9. The predicted molar refractivity (Wildman–Crippen MR) is 134 cm³/mol. The fourth-order valence-electron chi connectivity index (χ4n) is 3.88. The van der Waals surface area contributed by atoms with Gasteiger partial charge in [0.05, 0.1) is 25.2 Å². The molecule has 0 radical (unpaired) electrons. The molecular formula is C28H27NO6. The van der Waals surface area contributed by atoms with Crippen LogP contribution in [0.15, 0.2) is 75.9 Å². The Morgan fingerprint density at radius 3 is 2.43 bits per heavy atom. The van der Waals surface area contributed by atoms with E-state index in [1.54, 1.807) is 52.3 Å². The molecule has 7 nitrogen and oxygen atoms in total. The summed E-state index contributed by atoms with van der Waals surface area (Å²) in [6.45, 7) is 3.73. The van der Waals surface area contributed by atoms with Crippen molar-refractivity contribution in [1.82, 2.24) is 5.32 Å². The van der Waals surface area contributed by atoms with Gasteiger partial charge in [0, 0.05) is 12.6 Å². The maximum Gasteiger partial charge on any atom is 0.261 e. The molecule has 1 amide bonds. The summed E-state index contributed by atoms with van der Waals surface area (Å²) in [7, 11) is 3.13. The molecule has 0 fully saturated rings. The van der Waals surface area contributed by atoms with Crippen LogP contribution in [0.4, 0.5) is 0 Å². The van der Waals surface area contributed by atoms with Crippen molar-refractivity contribution in [2.24, 2.45) is 0 Å². The van der Waals surface area contributed by atoms with Crippen molar-refractivity contribution in [3.05, 3.63) is 88.3 Å². The molecular weight excluding hydrogens is 446 g/mol. The molecule has 0 bridgehead atoms. The molecule has 0 unspecified atom stereocenters. The standard InChI is InChI=1S/C28H27NO6/c1-17-26(20-8-6-5-7-9-20)27(30)22-12-11-21(15-24(22)35-17)34-18(2)28(31)29-16-19-10-13-23(32-3)25(14-19)33-4/h5-15,18H,16H2,1-4H3,(H,29,31)/t18-/m1/s1. The average Bonchev–Trinajstić information content (AvgIpc) is 2.87. The van der Waals surface area contributed by atoms with E-state index >= 15 is 0 Å². The molecule has 4 rings (SSSR count). The van der Waals surface area contributed by atoms with Crippen molar-refractivity contribution in [3.63, 3.8) is 0 Å². The summed E-state index contributed by atoms with van der Waals surface area (Å²) in [4.78, 5) is 25.7. The first-order chi connectivity index (χ1) is 16.9. The molecule has 3 aromatic carbocycles. The Morgan fingerprint density at radius 2 is 1.71 bits per heavy atom. The Morgan fingerprint density at radius 1 is 0.971 bits per heavy atom. The van der Waals surface area contributed by atoms with Gasteiger partial charge >= 0.3 is 0 Å². The number of fused-ring (bicyclic) bond motifs is 1. The summed E-state index contributed by atoms with van der Waals surface area (Å²) in [5.41, 5.74) is 2.50. The Hall–Kier alpha value is -4.26. The number of nitrogens with one attached hydrogen (secondary N) is 1. The van der Waals surface area contributed by atoms with Gasteiger partial charge in [0.25, 0.3) is 5.91 Å². The van der Waals surface area contributed by atoms with Gasteiger partial charge in [0.2, 0.25) is 5.43 Å². The molecule has 4 aromatic rings. The molecule has 0 saturated heterocycles. The molecule has 0 aliphatic heterocycles. The quantitative estimate of drug-likeness (QED) is 0.393. The lowest BCUT2D eigenvalue weighted by molar-refractivity contribution is -0.127. The fourth-order valence-corrected chi connectivity index (χ4v) is 3.88. The number of amides is 1. The van der Waals surface area contributed by atoms with E-state index in [0.717, 1.165) is 11.1 Å². The number of methoxy groups -OCH3 is 2. The monoisotopic (exact) mass is 473 g/mol. The van der Waals surface area contributed by atoms with E-state index in [2.05, 4.69) is 5.32 Å². The molecule has 0 spiro atoms. The fraction of sp³-hybridized carbons (Fsp3) is 0.214. The second-order valence-corrected chi connectivity index (χ2v) is 8.05. The maximum atomic E-state index is 13.1. The van der Waals surface area contributed by atoms with E-state index < -0.39 is 6.10 Å². The Labute approximate surface area is 203 Å². The van der Waals surface area contributed by atoms with E-state index in [0.29, 0.717) is 46.1 Å². The minimum Gasteiger partial charge on any atom is -0.493 e. The second kappa shape index (κ2) is 10.3. The van der Waals surface area contributed by atoms with E-state index in [-0.39, 0.29) is 11.3 Å². The number of aryl methyl sites for hydroxylation is 1. The van der Waals surface area contributed by atoms with Crippen LogP contribution in [0.2, 0.25) is 0 Å². The Bertz CT molecular complexity index is 1410. The number of hydrogen-bond donors (Lipinski definition) is 1. The summed E-state index contributed by atoms with van der Waals surface area (Å²) in [6, 6.07) is 19.8. The normalized spacial score (nSPS) is 11.7. The van der Waals surface area contributed by atoms with Crippen LogP contribution in [0.25, 0.3) is 22.1 Å². The molecule has 0 saturated carbocycles. The third-order valence-electron chi connectivity index (χ3n) is 5.70. The SMILES string of the molecule is COc1ccc(CNC(=O)[C@@H](C)Oc2ccc3c(=O)c(-c4ccccc4)c(C)oc3c2)cc1OC. The number of hydrogen-bond acceptors (Lipinski definition) is 6. The van der Waals surface area contributed by atoms with E-state index in [1.165, 1.54) is 0 Å². The summed E-state index contributed by atoms with van der Waals surface area (Å²) in [5.74, 6) is 1.88. The van der Waals surface area contributed by atoms with Crippen molar-refractivity contribution >= 4 is 16.9 Å². The first-order valence-corrected chi connectivity index (χ1v) is 11.2. The zero-order chi connectivity index (χ0) is 24.9. The summed E-state index contributed by atoms with van der Waals surface area (Å²) in [5, 5.41) is 3.31. The van der Waals surface area contributed by atoms with E-state index in [9.17, 15) is 9.59 Å². The van der Waals surface area contributed by atoms with Gasteiger partial charge in [0.15, 0.2) is 17.6 Å². The molecule has 1 aromatic heterocycles. The van der Waals surface area contributed by atoms with Gasteiger partial charge < -0.3 is 23.9 Å². The van der Waals surface area contributed by atoms with E-state index in [1.807, 2.05) is 42.5 Å². The Kier molecular flexibility index (Phi) is 7.06. The second-order valence-electron chi connectivity index (χ2n) is 8.05. The lowest BCUT2D eigenvalue weighted by atomic mass is 10.0. The number of ether oxygens (including phenoxy) is 3. The van der Waals surface area contributed by atoms with Crippen LogP contribution in [0.1, 0.15) is 18.2 Å². The molecule has 35 heavy (non-hydrogen) atoms. The van der Waals surface area contributed by atoms with Gasteiger partial charge in [-0.15, -0.1) is 0 Å². The zero-order valence-corrected chi connectivity index (χ0v) is 20.1. The zero-order valence-electron chi connectivity index (χ0n) is 20.1. The topological polar surface area (TPSA) is 87.0 Å². The molecule has 1 atom stereocenters. The highest BCUT2D eigenvalue weighted by molar-refractivity contribution is 5.84. The molecule has 7 heteroatoms. The highest BCUT2D eigenvalue weighted by atomic mass is 16.5. The Balaban J connectivity index is 1.47.